The van der Waals surface area contributed by atoms with Gasteiger partial charge in [0.1, 0.15) is 5.69 Å². The van der Waals surface area contributed by atoms with E-state index in [9.17, 15) is 4.79 Å². The van der Waals surface area contributed by atoms with Crippen LogP contribution in [0.1, 0.15) is 11.3 Å². The normalized spacial score (nSPS) is 10.3. The molecule has 4 nitrogen and oxygen atoms in total. The fraction of sp³-hybridized carbons (Fsp3) is 0.0909. The van der Waals surface area contributed by atoms with Crippen LogP contribution in [0, 0.1) is 0 Å². The quantitative estimate of drug-likeness (QED) is 0.831. The molecule has 0 bridgehead atoms. The lowest BCUT2D eigenvalue weighted by Gasteiger charge is -2.01. The van der Waals surface area contributed by atoms with Crippen LogP contribution in [-0.2, 0) is 6.42 Å². The number of nitrogens with zero attached hydrogens (tertiary/aromatic N) is 1. The van der Waals surface area contributed by atoms with Gasteiger partial charge in [0.15, 0.2) is 0 Å². The molecular formula is C11H10ClN3O. The molecule has 0 amide bonds. The summed E-state index contributed by atoms with van der Waals surface area (Å²) in [5.41, 5.74) is 7.09. The zero-order valence-electron chi connectivity index (χ0n) is 8.40. The highest BCUT2D eigenvalue weighted by Crippen LogP contribution is 2.12. The van der Waals surface area contributed by atoms with E-state index in [1.807, 2.05) is 24.3 Å². The van der Waals surface area contributed by atoms with Crippen molar-refractivity contribution in [3.05, 3.63) is 57.0 Å². The van der Waals surface area contributed by atoms with E-state index >= 15 is 0 Å². The van der Waals surface area contributed by atoms with Crippen molar-refractivity contribution in [2.24, 2.45) is 0 Å². The minimum Gasteiger partial charge on any atom is -0.394 e. The van der Waals surface area contributed by atoms with E-state index in [0.717, 1.165) is 11.3 Å². The first kappa shape index (κ1) is 10.7. The maximum Gasteiger partial charge on any atom is 0.287 e. The van der Waals surface area contributed by atoms with Crippen LogP contribution in [0.3, 0.4) is 0 Å². The van der Waals surface area contributed by atoms with Crippen LogP contribution in [0.15, 0.2) is 35.1 Å². The summed E-state index contributed by atoms with van der Waals surface area (Å²) in [6, 6.07) is 9.02. The number of hydrogen-bond donors (Lipinski definition) is 2. The van der Waals surface area contributed by atoms with E-state index < -0.39 is 0 Å². The molecule has 0 atom stereocenters. The van der Waals surface area contributed by atoms with Crippen LogP contribution in [0.5, 0.6) is 0 Å². The molecule has 0 aliphatic carbocycles. The Bertz CT molecular complexity index is 548. The van der Waals surface area contributed by atoms with E-state index in [-0.39, 0.29) is 11.2 Å². The second-order valence-electron chi connectivity index (χ2n) is 3.45. The molecule has 5 heteroatoms. The molecule has 0 aliphatic rings. The maximum atomic E-state index is 11.0. The highest BCUT2D eigenvalue weighted by molar-refractivity contribution is 6.30. The van der Waals surface area contributed by atoms with Gasteiger partial charge in [-0.1, -0.05) is 23.7 Å². The lowest BCUT2D eigenvalue weighted by molar-refractivity contribution is 0.914. The zero-order chi connectivity index (χ0) is 11.5. The molecule has 1 heterocycles. The second kappa shape index (κ2) is 4.37. The number of nitrogens with two attached hydrogens (primary N) is 1. The first-order valence-electron chi connectivity index (χ1n) is 4.73. The molecule has 1 aromatic carbocycles. The van der Waals surface area contributed by atoms with Crippen LogP contribution in [0.25, 0.3) is 0 Å². The summed E-state index contributed by atoms with van der Waals surface area (Å²) in [4.78, 5) is 11.0. The Balaban J connectivity index is 2.23. The van der Waals surface area contributed by atoms with Gasteiger partial charge in [0.05, 0.1) is 5.69 Å². The Hall–Kier alpha value is -1.81. The molecule has 0 spiro atoms. The summed E-state index contributed by atoms with van der Waals surface area (Å²) in [6.45, 7) is 0. The van der Waals surface area contributed by atoms with Crippen molar-refractivity contribution in [1.82, 2.24) is 10.2 Å². The van der Waals surface area contributed by atoms with Gasteiger partial charge in [-0.15, -0.1) is 0 Å². The third-order valence-electron chi connectivity index (χ3n) is 2.18. The average Bonchev–Trinajstić information content (AvgIpc) is 2.27. The Morgan fingerprint density at radius 3 is 2.62 bits per heavy atom. The summed E-state index contributed by atoms with van der Waals surface area (Å²) in [5.74, 6) is 0. The summed E-state index contributed by atoms with van der Waals surface area (Å²) in [5, 5.41) is 6.94. The van der Waals surface area contributed by atoms with Crippen molar-refractivity contribution in [2.45, 2.75) is 6.42 Å². The van der Waals surface area contributed by atoms with Gasteiger partial charge in [-0.25, -0.2) is 5.10 Å². The number of rotatable bonds is 2. The molecule has 3 N–H and O–H groups in total. The van der Waals surface area contributed by atoms with Gasteiger partial charge < -0.3 is 5.73 Å². The van der Waals surface area contributed by atoms with Crippen molar-refractivity contribution < 1.29 is 0 Å². The van der Waals surface area contributed by atoms with Gasteiger partial charge in [-0.3, -0.25) is 4.79 Å². The molecule has 0 unspecified atom stereocenters. The molecule has 2 rings (SSSR count). The topological polar surface area (TPSA) is 71.8 Å². The van der Waals surface area contributed by atoms with Gasteiger partial charge in [-0.05, 0) is 23.8 Å². The maximum absolute atomic E-state index is 11.0. The number of hydrogen-bond acceptors (Lipinski definition) is 3. The van der Waals surface area contributed by atoms with Crippen LogP contribution >= 0.6 is 11.6 Å². The number of aromatic amines is 1. The number of benzene rings is 1. The number of nitrogen functional groups attached to an aromatic ring is 1. The van der Waals surface area contributed by atoms with Crippen molar-refractivity contribution in [2.75, 3.05) is 5.73 Å². The third kappa shape index (κ3) is 2.41. The molecular weight excluding hydrogens is 226 g/mol. The van der Waals surface area contributed by atoms with Crippen LogP contribution in [0.2, 0.25) is 5.02 Å². The van der Waals surface area contributed by atoms with Crippen molar-refractivity contribution in [3.8, 4) is 0 Å². The molecule has 0 aliphatic heterocycles. The molecule has 82 valence electrons. The summed E-state index contributed by atoms with van der Waals surface area (Å²) >= 11 is 5.78. The largest absolute Gasteiger partial charge is 0.394 e. The highest BCUT2D eigenvalue weighted by Gasteiger charge is 2.01. The lowest BCUT2D eigenvalue weighted by Crippen LogP contribution is -2.14. The molecule has 16 heavy (non-hydrogen) atoms. The summed E-state index contributed by atoms with van der Waals surface area (Å²) < 4.78 is 0. The number of nitrogens with one attached hydrogen (secondary N) is 1. The highest BCUT2D eigenvalue weighted by atomic mass is 35.5. The minimum atomic E-state index is -0.361. The lowest BCUT2D eigenvalue weighted by atomic mass is 10.1. The Morgan fingerprint density at radius 2 is 2.00 bits per heavy atom. The zero-order valence-corrected chi connectivity index (χ0v) is 9.16. The molecule has 0 saturated carbocycles. The fourth-order valence-electron chi connectivity index (χ4n) is 1.37. The van der Waals surface area contributed by atoms with E-state index in [2.05, 4.69) is 10.2 Å². The third-order valence-corrected chi connectivity index (χ3v) is 2.44. The molecule has 0 fully saturated rings. The average molecular weight is 236 g/mol. The van der Waals surface area contributed by atoms with Gasteiger partial charge >= 0.3 is 0 Å². The van der Waals surface area contributed by atoms with Gasteiger partial charge in [0.25, 0.3) is 5.56 Å². The standard InChI is InChI=1S/C11H10ClN3O/c12-8-3-1-7(2-4-8)5-9-6-10(13)11(16)15-14-9/h1-4,6H,5H2,(H2,13,14)(H,15,16). The van der Waals surface area contributed by atoms with E-state index in [4.69, 9.17) is 17.3 Å². The Morgan fingerprint density at radius 1 is 1.31 bits per heavy atom. The predicted molar refractivity (Wildman–Crippen MR) is 63.5 cm³/mol. The number of halogens is 1. The number of aromatic nitrogens is 2. The van der Waals surface area contributed by atoms with Gasteiger partial charge in [-0.2, -0.15) is 5.10 Å². The minimum absolute atomic E-state index is 0.180. The summed E-state index contributed by atoms with van der Waals surface area (Å²) in [7, 11) is 0. The van der Waals surface area contributed by atoms with Gasteiger partial charge in [0, 0.05) is 11.4 Å². The SMILES string of the molecule is Nc1cc(Cc2ccc(Cl)cc2)n[nH]c1=O. The number of anilines is 1. The molecule has 1 aromatic heterocycles. The van der Waals surface area contributed by atoms with E-state index in [0.29, 0.717) is 11.4 Å². The molecule has 0 radical (unpaired) electrons. The van der Waals surface area contributed by atoms with Crippen molar-refractivity contribution >= 4 is 17.3 Å². The first-order chi connectivity index (χ1) is 7.65. The van der Waals surface area contributed by atoms with E-state index in [1.54, 1.807) is 6.07 Å². The Kier molecular flexibility index (Phi) is 2.92. The Labute approximate surface area is 97.1 Å². The fourth-order valence-corrected chi connectivity index (χ4v) is 1.49. The van der Waals surface area contributed by atoms with Crippen LogP contribution < -0.4 is 11.3 Å². The molecule has 0 saturated heterocycles. The summed E-state index contributed by atoms with van der Waals surface area (Å²) in [6.07, 6.45) is 0.609. The predicted octanol–water partition coefficient (Wildman–Crippen LogP) is 1.60. The monoisotopic (exact) mass is 235 g/mol. The smallest absolute Gasteiger partial charge is 0.287 e. The van der Waals surface area contributed by atoms with Crippen molar-refractivity contribution in [3.63, 3.8) is 0 Å². The molecule has 2 aromatic rings. The van der Waals surface area contributed by atoms with Crippen LogP contribution in [-0.4, -0.2) is 10.2 Å². The van der Waals surface area contributed by atoms with Crippen LogP contribution in [0.4, 0.5) is 5.69 Å². The second-order valence-corrected chi connectivity index (χ2v) is 3.88. The first-order valence-corrected chi connectivity index (χ1v) is 5.11. The van der Waals surface area contributed by atoms with Gasteiger partial charge in [0.2, 0.25) is 0 Å². The number of H-pyrrole nitrogens is 1. The van der Waals surface area contributed by atoms with E-state index in [1.165, 1.54) is 0 Å². The van der Waals surface area contributed by atoms with Crippen molar-refractivity contribution in [1.29, 1.82) is 0 Å².